The second-order valence-corrected chi connectivity index (χ2v) is 4.29. The fraction of sp³-hybridized carbons (Fsp3) is 0.133. The summed E-state index contributed by atoms with van der Waals surface area (Å²) in [6.07, 6.45) is 0. The molecule has 3 rings (SSSR count). The van der Waals surface area contributed by atoms with Gasteiger partial charge in [-0.05, 0) is 11.1 Å². The number of amides is 1. The monoisotopic (exact) mass is 223 g/mol. The summed E-state index contributed by atoms with van der Waals surface area (Å²) in [4.78, 5) is 11.7. The third kappa shape index (κ3) is 1.72. The zero-order valence-corrected chi connectivity index (χ0v) is 9.34. The first-order chi connectivity index (χ1) is 8.36. The van der Waals surface area contributed by atoms with E-state index in [4.69, 9.17) is 0 Å². The third-order valence-corrected chi connectivity index (χ3v) is 3.23. The van der Waals surface area contributed by atoms with Crippen LogP contribution in [0.2, 0.25) is 0 Å². The van der Waals surface area contributed by atoms with Crippen molar-refractivity contribution in [1.82, 2.24) is 5.32 Å². The molecule has 0 bridgehead atoms. The van der Waals surface area contributed by atoms with Crippen molar-refractivity contribution in [2.75, 3.05) is 0 Å². The van der Waals surface area contributed by atoms with Crippen LogP contribution in [0, 0.1) is 0 Å². The minimum Gasteiger partial charge on any atom is -0.348 e. The van der Waals surface area contributed by atoms with Crippen LogP contribution < -0.4 is 5.32 Å². The Kier molecular flexibility index (Phi) is 2.41. The van der Waals surface area contributed by atoms with E-state index in [1.54, 1.807) is 0 Å². The average molecular weight is 223 g/mol. The van der Waals surface area contributed by atoms with Crippen molar-refractivity contribution < 1.29 is 4.79 Å². The lowest BCUT2D eigenvalue weighted by Crippen LogP contribution is -2.49. The van der Waals surface area contributed by atoms with E-state index >= 15 is 0 Å². The highest BCUT2D eigenvalue weighted by Gasteiger charge is 2.40. The molecule has 0 aromatic heterocycles. The Hall–Kier alpha value is -2.09. The van der Waals surface area contributed by atoms with Gasteiger partial charge in [0, 0.05) is 0 Å². The molecule has 2 aromatic rings. The van der Waals surface area contributed by atoms with Crippen LogP contribution in [0.25, 0.3) is 0 Å². The number of benzene rings is 2. The second kappa shape index (κ2) is 4.06. The van der Waals surface area contributed by atoms with E-state index in [9.17, 15) is 4.79 Å². The molecule has 17 heavy (non-hydrogen) atoms. The van der Waals surface area contributed by atoms with E-state index in [0.717, 1.165) is 5.56 Å². The van der Waals surface area contributed by atoms with Crippen LogP contribution >= 0.6 is 0 Å². The molecule has 2 atom stereocenters. The van der Waals surface area contributed by atoms with E-state index in [0.29, 0.717) is 0 Å². The van der Waals surface area contributed by atoms with Crippen molar-refractivity contribution in [1.29, 1.82) is 0 Å². The van der Waals surface area contributed by atoms with Crippen LogP contribution in [0.15, 0.2) is 60.7 Å². The zero-order valence-electron chi connectivity index (χ0n) is 9.34. The smallest absolute Gasteiger partial charge is 0.230 e. The molecule has 1 heterocycles. The maximum absolute atomic E-state index is 11.7. The maximum Gasteiger partial charge on any atom is 0.230 e. The van der Waals surface area contributed by atoms with Crippen molar-refractivity contribution in [3.63, 3.8) is 0 Å². The molecule has 1 N–H and O–H groups in total. The summed E-state index contributed by atoms with van der Waals surface area (Å²) in [7, 11) is 0. The van der Waals surface area contributed by atoms with Crippen LogP contribution in [0.4, 0.5) is 0 Å². The molecule has 0 spiro atoms. The highest BCUT2D eigenvalue weighted by molar-refractivity contribution is 5.91. The summed E-state index contributed by atoms with van der Waals surface area (Å²) < 4.78 is 0. The lowest BCUT2D eigenvalue weighted by atomic mass is 9.80. The largest absolute Gasteiger partial charge is 0.348 e. The van der Waals surface area contributed by atoms with Gasteiger partial charge >= 0.3 is 0 Å². The molecular weight excluding hydrogens is 210 g/mol. The fourth-order valence-electron chi connectivity index (χ4n) is 2.32. The first-order valence-corrected chi connectivity index (χ1v) is 5.76. The van der Waals surface area contributed by atoms with Crippen molar-refractivity contribution >= 4 is 5.91 Å². The molecule has 1 amide bonds. The van der Waals surface area contributed by atoms with Gasteiger partial charge in [-0.3, -0.25) is 4.79 Å². The molecule has 84 valence electrons. The van der Waals surface area contributed by atoms with Gasteiger partial charge in [0.15, 0.2) is 0 Å². The number of carbonyl (C=O) groups excluding carboxylic acids is 1. The van der Waals surface area contributed by atoms with Gasteiger partial charge in [-0.2, -0.15) is 0 Å². The first-order valence-electron chi connectivity index (χ1n) is 5.76. The zero-order chi connectivity index (χ0) is 11.7. The van der Waals surface area contributed by atoms with Crippen molar-refractivity contribution in [3.05, 3.63) is 71.8 Å². The summed E-state index contributed by atoms with van der Waals surface area (Å²) in [5, 5.41) is 2.97. The molecule has 2 aromatic carbocycles. The summed E-state index contributed by atoms with van der Waals surface area (Å²) in [5.41, 5.74) is 2.26. The molecule has 0 saturated carbocycles. The number of rotatable bonds is 2. The van der Waals surface area contributed by atoms with Crippen molar-refractivity contribution in [2.45, 2.75) is 12.0 Å². The Morgan fingerprint density at radius 2 is 1.29 bits per heavy atom. The minimum absolute atomic E-state index is 0.0430. The van der Waals surface area contributed by atoms with Crippen molar-refractivity contribution in [2.24, 2.45) is 0 Å². The Morgan fingerprint density at radius 1 is 0.765 bits per heavy atom. The highest BCUT2D eigenvalue weighted by Crippen LogP contribution is 2.38. The molecular formula is C15H13NO. The highest BCUT2D eigenvalue weighted by atomic mass is 16.2. The van der Waals surface area contributed by atoms with Gasteiger partial charge in [0.05, 0.1) is 12.0 Å². The topological polar surface area (TPSA) is 29.1 Å². The number of hydrogen-bond donors (Lipinski definition) is 1. The quantitative estimate of drug-likeness (QED) is 0.779. The van der Waals surface area contributed by atoms with E-state index < -0.39 is 0 Å². The van der Waals surface area contributed by atoms with Crippen LogP contribution in [0.5, 0.6) is 0 Å². The van der Waals surface area contributed by atoms with Gasteiger partial charge in [0.1, 0.15) is 0 Å². The molecule has 1 saturated heterocycles. The summed E-state index contributed by atoms with van der Waals surface area (Å²) >= 11 is 0. The van der Waals surface area contributed by atoms with E-state index in [2.05, 4.69) is 17.4 Å². The third-order valence-electron chi connectivity index (χ3n) is 3.23. The Balaban J connectivity index is 1.92. The second-order valence-electron chi connectivity index (χ2n) is 4.29. The van der Waals surface area contributed by atoms with Crippen LogP contribution in [0.3, 0.4) is 0 Å². The normalized spacial score (nSPS) is 22.7. The predicted octanol–water partition coefficient (Wildman–Crippen LogP) is 2.64. The van der Waals surface area contributed by atoms with Crippen molar-refractivity contribution in [3.8, 4) is 0 Å². The van der Waals surface area contributed by atoms with E-state index in [1.807, 2.05) is 48.5 Å². The predicted molar refractivity (Wildman–Crippen MR) is 66.5 cm³/mol. The van der Waals surface area contributed by atoms with Crippen LogP contribution in [0.1, 0.15) is 23.1 Å². The maximum atomic E-state index is 11.7. The molecule has 0 aliphatic carbocycles. The Labute approximate surface area is 100 Å². The van der Waals surface area contributed by atoms with Gasteiger partial charge in [0.25, 0.3) is 0 Å². The van der Waals surface area contributed by atoms with Gasteiger partial charge in [-0.25, -0.2) is 0 Å². The molecule has 1 fully saturated rings. The Morgan fingerprint density at radius 3 is 1.82 bits per heavy atom. The van der Waals surface area contributed by atoms with E-state index in [1.165, 1.54) is 5.56 Å². The van der Waals surface area contributed by atoms with Gasteiger partial charge < -0.3 is 5.32 Å². The average Bonchev–Trinajstić information content (AvgIpc) is 2.38. The molecule has 2 nitrogen and oxygen atoms in total. The molecule has 2 heteroatoms. The standard InChI is InChI=1S/C15H13NO/c17-15-13(11-7-3-1-4-8-11)14(16-15)12-9-5-2-6-10-12/h1-10,13-14H,(H,16,17)/t13-,14+/m1/s1. The van der Waals surface area contributed by atoms with Crippen LogP contribution in [-0.4, -0.2) is 5.91 Å². The van der Waals surface area contributed by atoms with Gasteiger partial charge in [0.2, 0.25) is 5.91 Å². The lowest BCUT2D eigenvalue weighted by Gasteiger charge is -2.37. The number of nitrogens with one attached hydrogen (secondary N) is 1. The molecule has 0 unspecified atom stereocenters. The summed E-state index contributed by atoms with van der Waals surface area (Å²) in [6, 6.07) is 20.2. The number of hydrogen-bond acceptors (Lipinski definition) is 1. The molecule has 0 radical (unpaired) electrons. The lowest BCUT2D eigenvalue weighted by molar-refractivity contribution is -0.130. The molecule has 1 aliphatic rings. The first kappa shape index (κ1) is 10.1. The number of β-lactam (4-membered cyclic amide) rings is 1. The fourth-order valence-corrected chi connectivity index (χ4v) is 2.32. The molecule has 1 aliphatic heterocycles. The van der Waals surface area contributed by atoms with Gasteiger partial charge in [-0.1, -0.05) is 60.7 Å². The number of carbonyl (C=O) groups is 1. The summed E-state index contributed by atoms with van der Waals surface area (Å²) in [5.74, 6) is 0.0728. The van der Waals surface area contributed by atoms with Crippen LogP contribution in [-0.2, 0) is 4.79 Å². The van der Waals surface area contributed by atoms with Gasteiger partial charge in [-0.15, -0.1) is 0 Å². The SMILES string of the molecule is O=C1N[C@@H](c2ccccc2)[C@H]1c1ccccc1. The van der Waals surface area contributed by atoms with E-state index in [-0.39, 0.29) is 17.9 Å². The minimum atomic E-state index is -0.0430. The Bertz CT molecular complexity index is 521. The summed E-state index contributed by atoms with van der Waals surface area (Å²) in [6.45, 7) is 0.